The standard InChI is InChI=1S/C14H30N4S.HI/c1-4-18-9-7-13(12-18)11-17-14(15-2)16-8-5-6-10-19-3;/h13H,4-12H2,1-3H3,(H2,15,16,17);1H. The maximum absolute atomic E-state index is 4.28. The maximum atomic E-state index is 4.28. The smallest absolute Gasteiger partial charge is 0.190 e. The number of rotatable bonds is 8. The molecule has 0 spiro atoms. The average Bonchev–Trinajstić information content (AvgIpc) is 2.90. The molecule has 0 amide bonds. The topological polar surface area (TPSA) is 39.7 Å². The highest BCUT2D eigenvalue weighted by molar-refractivity contribution is 14.0. The van der Waals surface area contributed by atoms with Gasteiger partial charge in [-0.1, -0.05) is 6.92 Å². The van der Waals surface area contributed by atoms with E-state index < -0.39 is 0 Å². The van der Waals surface area contributed by atoms with Gasteiger partial charge in [-0.05, 0) is 50.3 Å². The molecule has 0 bridgehead atoms. The SMILES string of the molecule is CCN1CCC(CNC(=NC)NCCCCSC)C1.I. The Morgan fingerprint density at radius 3 is 2.75 bits per heavy atom. The third-order valence-corrected chi connectivity index (χ3v) is 4.36. The van der Waals surface area contributed by atoms with Crippen molar-refractivity contribution in [1.29, 1.82) is 0 Å². The quantitative estimate of drug-likeness (QED) is 0.277. The van der Waals surface area contributed by atoms with E-state index in [0.717, 1.165) is 25.0 Å². The Hall–Kier alpha value is 0.310. The molecule has 0 aromatic carbocycles. The highest BCUT2D eigenvalue weighted by Gasteiger charge is 2.20. The Morgan fingerprint density at radius 1 is 1.35 bits per heavy atom. The Bertz CT molecular complexity index is 264. The number of likely N-dealkylation sites (tertiary alicyclic amines) is 1. The summed E-state index contributed by atoms with van der Waals surface area (Å²) in [7, 11) is 1.85. The number of hydrogen-bond acceptors (Lipinski definition) is 3. The molecule has 1 aliphatic rings. The summed E-state index contributed by atoms with van der Waals surface area (Å²) in [6.45, 7) is 7.97. The second kappa shape index (κ2) is 13.0. The molecule has 0 aromatic heterocycles. The minimum atomic E-state index is 0. The lowest BCUT2D eigenvalue weighted by molar-refractivity contribution is 0.342. The van der Waals surface area contributed by atoms with E-state index in [2.05, 4.69) is 33.7 Å². The van der Waals surface area contributed by atoms with Gasteiger partial charge in [-0.3, -0.25) is 4.99 Å². The predicted molar refractivity (Wildman–Crippen MR) is 103 cm³/mol. The summed E-state index contributed by atoms with van der Waals surface area (Å²) >= 11 is 1.92. The highest BCUT2D eigenvalue weighted by Crippen LogP contribution is 2.14. The molecule has 0 aliphatic carbocycles. The molecule has 0 radical (unpaired) electrons. The Kier molecular flexibility index (Phi) is 13.2. The zero-order valence-electron chi connectivity index (χ0n) is 13.2. The van der Waals surface area contributed by atoms with E-state index >= 15 is 0 Å². The van der Waals surface area contributed by atoms with Crippen LogP contribution < -0.4 is 10.6 Å². The van der Waals surface area contributed by atoms with Crippen LogP contribution in [0.5, 0.6) is 0 Å². The van der Waals surface area contributed by atoms with Gasteiger partial charge in [0.15, 0.2) is 5.96 Å². The first-order valence-corrected chi connectivity index (χ1v) is 8.85. The van der Waals surface area contributed by atoms with Gasteiger partial charge in [0.2, 0.25) is 0 Å². The van der Waals surface area contributed by atoms with Crippen molar-refractivity contribution < 1.29 is 0 Å². The van der Waals surface area contributed by atoms with Gasteiger partial charge in [0.1, 0.15) is 0 Å². The van der Waals surface area contributed by atoms with Crippen LogP contribution in [0.15, 0.2) is 4.99 Å². The fourth-order valence-electron chi connectivity index (χ4n) is 2.41. The first-order valence-electron chi connectivity index (χ1n) is 7.46. The zero-order chi connectivity index (χ0) is 13.9. The first kappa shape index (κ1) is 20.3. The van der Waals surface area contributed by atoms with Gasteiger partial charge in [-0.25, -0.2) is 0 Å². The number of nitrogens with one attached hydrogen (secondary N) is 2. The summed E-state index contributed by atoms with van der Waals surface area (Å²) in [5.41, 5.74) is 0. The fourth-order valence-corrected chi connectivity index (χ4v) is 2.90. The summed E-state index contributed by atoms with van der Waals surface area (Å²) < 4.78 is 0. The summed E-state index contributed by atoms with van der Waals surface area (Å²) in [4.78, 5) is 6.80. The van der Waals surface area contributed by atoms with E-state index in [1.54, 1.807) is 0 Å². The molecular formula is C14H31IN4S. The van der Waals surface area contributed by atoms with Crippen LogP contribution in [0.4, 0.5) is 0 Å². The summed E-state index contributed by atoms with van der Waals surface area (Å²) in [6, 6.07) is 0. The van der Waals surface area contributed by atoms with Crippen LogP contribution in [-0.2, 0) is 0 Å². The van der Waals surface area contributed by atoms with Crippen molar-refractivity contribution in [2.45, 2.75) is 26.2 Å². The van der Waals surface area contributed by atoms with Crippen LogP contribution in [-0.4, -0.2) is 62.6 Å². The monoisotopic (exact) mass is 414 g/mol. The van der Waals surface area contributed by atoms with Crippen molar-refractivity contribution in [3.05, 3.63) is 0 Å². The van der Waals surface area contributed by atoms with Crippen molar-refractivity contribution in [1.82, 2.24) is 15.5 Å². The van der Waals surface area contributed by atoms with Crippen molar-refractivity contribution in [2.75, 3.05) is 51.8 Å². The van der Waals surface area contributed by atoms with E-state index in [9.17, 15) is 0 Å². The molecule has 0 aromatic rings. The number of unbranched alkanes of at least 4 members (excludes halogenated alkanes) is 1. The molecular weight excluding hydrogens is 383 g/mol. The average molecular weight is 414 g/mol. The molecule has 1 fully saturated rings. The van der Waals surface area contributed by atoms with Crippen LogP contribution in [0.1, 0.15) is 26.2 Å². The highest BCUT2D eigenvalue weighted by atomic mass is 127. The third kappa shape index (κ3) is 8.56. The van der Waals surface area contributed by atoms with E-state index in [4.69, 9.17) is 0 Å². The number of nitrogens with zero attached hydrogens (tertiary/aromatic N) is 2. The predicted octanol–water partition coefficient (Wildman–Crippen LogP) is 2.25. The lowest BCUT2D eigenvalue weighted by atomic mass is 10.1. The Labute approximate surface area is 145 Å². The molecule has 1 heterocycles. The maximum Gasteiger partial charge on any atom is 0.190 e. The normalized spacial score (nSPS) is 19.8. The fraction of sp³-hybridized carbons (Fsp3) is 0.929. The zero-order valence-corrected chi connectivity index (χ0v) is 16.3. The first-order chi connectivity index (χ1) is 9.30. The van der Waals surface area contributed by atoms with Gasteiger partial charge in [0, 0.05) is 26.7 Å². The minimum Gasteiger partial charge on any atom is -0.356 e. The molecule has 1 rings (SSSR count). The van der Waals surface area contributed by atoms with Gasteiger partial charge in [0.05, 0.1) is 0 Å². The lowest BCUT2D eigenvalue weighted by Gasteiger charge is -2.16. The second-order valence-corrected chi connectivity index (χ2v) is 6.11. The molecule has 1 aliphatic heterocycles. The van der Waals surface area contributed by atoms with Gasteiger partial charge in [-0.2, -0.15) is 11.8 Å². The van der Waals surface area contributed by atoms with Crippen LogP contribution in [0.3, 0.4) is 0 Å². The molecule has 6 heteroatoms. The third-order valence-electron chi connectivity index (χ3n) is 3.67. The summed E-state index contributed by atoms with van der Waals surface area (Å²) in [5.74, 6) is 2.98. The molecule has 0 saturated carbocycles. The largest absolute Gasteiger partial charge is 0.356 e. The van der Waals surface area contributed by atoms with E-state index in [1.807, 2.05) is 18.8 Å². The van der Waals surface area contributed by atoms with E-state index in [-0.39, 0.29) is 24.0 Å². The molecule has 1 saturated heterocycles. The van der Waals surface area contributed by atoms with Crippen LogP contribution in [0.2, 0.25) is 0 Å². The van der Waals surface area contributed by atoms with Gasteiger partial charge < -0.3 is 15.5 Å². The number of hydrogen-bond donors (Lipinski definition) is 2. The summed E-state index contributed by atoms with van der Waals surface area (Å²) in [5, 5.41) is 6.85. The number of guanidine groups is 1. The van der Waals surface area contributed by atoms with Crippen LogP contribution in [0.25, 0.3) is 0 Å². The molecule has 1 unspecified atom stereocenters. The summed E-state index contributed by atoms with van der Waals surface area (Å²) in [6.07, 6.45) is 5.97. The molecule has 1 atom stereocenters. The minimum absolute atomic E-state index is 0. The van der Waals surface area contributed by atoms with Crippen LogP contribution >= 0.6 is 35.7 Å². The van der Waals surface area contributed by atoms with Gasteiger partial charge in [0.25, 0.3) is 0 Å². The van der Waals surface area contributed by atoms with E-state index in [1.165, 1.54) is 44.6 Å². The van der Waals surface area contributed by atoms with Crippen molar-refractivity contribution in [3.63, 3.8) is 0 Å². The van der Waals surface area contributed by atoms with Crippen molar-refractivity contribution in [3.8, 4) is 0 Å². The number of thioether (sulfide) groups is 1. The van der Waals surface area contributed by atoms with Gasteiger partial charge >= 0.3 is 0 Å². The van der Waals surface area contributed by atoms with Crippen molar-refractivity contribution >= 4 is 41.7 Å². The Morgan fingerprint density at radius 2 is 2.15 bits per heavy atom. The molecule has 4 nitrogen and oxygen atoms in total. The Balaban J connectivity index is 0.00000361. The molecule has 2 N–H and O–H groups in total. The van der Waals surface area contributed by atoms with Crippen LogP contribution in [0, 0.1) is 5.92 Å². The second-order valence-electron chi connectivity index (χ2n) is 5.13. The number of halogens is 1. The lowest BCUT2D eigenvalue weighted by Crippen LogP contribution is -2.40. The number of aliphatic imine (C=N–C) groups is 1. The van der Waals surface area contributed by atoms with Crippen molar-refractivity contribution in [2.24, 2.45) is 10.9 Å². The molecule has 20 heavy (non-hydrogen) atoms. The van der Waals surface area contributed by atoms with Gasteiger partial charge in [-0.15, -0.1) is 24.0 Å². The van der Waals surface area contributed by atoms with E-state index in [0.29, 0.717) is 0 Å². The molecule has 120 valence electrons.